The van der Waals surface area contributed by atoms with Gasteiger partial charge in [-0.1, -0.05) is 13.8 Å². The van der Waals surface area contributed by atoms with Crippen molar-refractivity contribution in [3.63, 3.8) is 0 Å². The summed E-state index contributed by atoms with van der Waals surface area (Å²) >= 11 is 5.97. The van der Waals surface area contributed by atoms with Gasteiger partial charge in [0.15, 0.2) is 5.03 Å². The Morgan fingerprint density at radius 3 is 2.62 bits per heavy atom. The summed E-state index contributed by atoms with van der Waals surface area (Å²) in [6.07, 6.45) is 1.44. The SMILES string of the molecule is CC(C)C(Cl)CNS(=O)(=O)c1ccnn1C. The van der Waals surface area contributed by atoms with Gasteiger partial charge in [-0.3, -0.25) is 4.68 Å². The van der Waals surface area contributed by atoms with E-state index in [2.05, 4.69) is 9.82 Å². The topological polar surface area (TPSA) is 64.0 Å². The number of rotatable bonds is 5. The standard InChI is InChI=1S/C9H16ClN3O2S/c1-7(2)8(10)6-12-16(14,15)9-4-5-11-13(9)3/h4-5,7-8,12H,6H2,1-3H3. The van der Waals surface area contributed by atoms with Crippen molar-refractivity contribution in [1.29, 1.82) is 0 Å². The van der Waals surface area contributed by atoms with Crippen LogP contribution in [-0.4, -0.2) is 30.1 Å². The smallest absolute Gasteiger partial charge is 0.256 e. The molecule has 0 spiro atoms. The van der Waals surface area contributed by atoms with Crippen LogP contribution in [0.25, 0.3) is 0 Å². The molecule has 16 heavy (non-hydrogen) atoms. The normalized spacial score (nSPS) is 14.3. The highest BCUT2D eigenvalue weighted by molar-refractivity contribution is 7.89. The lowest BCUT2D eigenvalue weighted by Crippen LogP contribution is -2.33. The highest BCUT2D eigenvalue weighted by Gasteiger charge is 2.20. The number of alkyl halides is 1. The summed E-state index contributed by atoms with van der Waals surface area (Å²) in [6, 6.07) is 1.45. The second-order valence-corrected chi connectivity index (χ2v) is 6.18. The fraction of sp³-hybridized carbons (Fsp3) is 0.667. The van der Waals surface area contributed by atoms with Gasteiger partial charge >= 0.3 is 0 Å². The minimum atomic E-state index is -3.51. The van der Waals surface area contributed by atoms with Gasteiger partial charge in [0, 0.05) is 19.0 Å². The lowest BCUT2D eigenvalue weighted by atomic mass is 10.1. The van der Waals surface area contributed by atoms with Crippen LogP contribution in [0.5, 0.6) is 0 Å². The van der Waals surface area contributed by atoms with E-state index in [1.165, 1.54) is 16.9 Å². The van der Waals surface area contributed by atoms with Gasteiger partial charge in [-0.2, -0.15) is 5.10 Å². The highest BCUT2D eigenvalue weighted by atomic mass is 35.5. The zero-order valence-electron chi connectivity index (χ0n) is 9.51. The van der Waals surface area contributed by atoms with Gasteiger partial charge in [0.1, 0.15) is 0 Å². The molecule has 1 atom stereocenters. The van der Waals surface area contributed by atoms with E-state index >= 15 is 0 Å². The van der Waals surface area contributed by atoms with Crippen LogP contribution in [0, 0.1) is 5.92 Å². The number of aromatic nitrogens is 2. The number of nitrogens with one attached hydrogen (secondary N) is 1. The van der Waals surface area contributed by atoms with Crippen LogP contribution in [0.1, 0.15) is 13.8 Å². The molecule has 92 valence electrons. The van der Waals surface area contributed by atoms with Gasteiger partial charge in [0.2, 0.25) is 0 Å². The molecule has 1 heterocycles. The van der Waals surface area contributed by atoms with Crippen molar-refractivity contribution in [3.8, 4) is 0 Å². The van der Waals surface area contributed by atoms with Gasteiger partial charge in [0.05, 0.1) is 6.20 Å². The van der Waals surface area contributed by atoms with Crippen LogP contribution in [-0.2, 0) is 17.1 Å². The van der Waals surface area contributed by atoms with Crippen molar-refractivity contribution in [1.82, 2.24) is 14.5 Å². The van der Waals surface area contributed by atoms with E-state index in [1.54, 1.807) is 7.05 Å². The largest absolute Gasteiger partial charge is 0.257 e. The monoisotopic (exact) mass is 265 g/mol. The van der Waals surface area contributed by atoms with Crippen molar-refractivity contribution in [3.05, 3.63) is 12.3 Å². The van der Waals surface area contributed by atoms with Gasteiger partial charge in [0.25, 0.3) is 10.0 Å². The van der Waals surface area contributed by atoms with E-state index in [-0.39, 0.29) is 22.9 Å². The third-order valence-corrected chi connectivity index (χ3v) is 4.40. The fourth-order valence-electron chi connectivity index (χ4n) is 1.12. The molecule has 7 heteroatoms. The molecule has 1 unspecified atom stereocenters. The van der Waals surface area contributed by atoms with Gasteiger partial charge in [-0.15, -0.1) is 11.6 Å². The van der Waals surface area contributed by atoms with Crippen molar-refractivity contribution < 1.29 is 8.42 Å². The molecule has 0 aromatic carbocycles. The molecule has 0 radical (unpaired) electrons. The maximum atomic E-state index is 11.8. The number of hydrogen-bond donors (Lipinski definition) is 1. The minimum Gasteiger partial charge on any atom is -0.256 e. The summed E-state index contributed by atoms with van der Waals surface area (Å²) in [5, 5.41) is 3.73. The first-order chi connectivity index (χ1) is 7.34. The van der Waals surface area contributed by atoms with Crippen LogP contribution >= 0.6 is 11.6 Å². The molecule has 0 saturated carbocycles. The first-order valence-corrected chi connectivity index (χ1v) is 6.88. The maximum absolute atomic E-state index is 11.8. The molecule has 0 saturated heterocycles. The van der Waals surface area contributed by atoms with E-state index in [9.17, 15) is 8.42 Å². The van der Waals surface area contributed by atoms with Gasteiger partial charge < -0.3 is 0 Å². The summed E-state index contributed by atoms with van der Waals surface area (Å²) in [5.74, 6) is 0.218. The number of halogens is 1. The zero-order valence-corrected chi connectivity index (χ0v) is 11.1. The minimum absolute atomic E-state index is 0.139. The fourth-order valence-corrected chi connectivity index (χ4v) is 2.47. The number of nitrogens with zero attached hydrogens (tertiary/aromatic N) is 2. The molecule has 0 aliphatic carbocycles. The number of sulfonamides is 1. The summed E-state index contributed by atoms with van der Waals surface area (Å²) in [6.45, 7) is 4.10. The molecule has 0 amide bonds. The molecular weight excluding hydrogens is 250 g/mol. The van der Waals surface area contributed by atoms with Crippen LogP contribution < -0.4 is 4.72 Å². The molecule has 5 nitrogen and oxygen atoms in total. The first kappa shape index (κ1) is 13.5. The Hall–Kier alpha value is -0.590. The Morgan fingerprint density at radius 1 is 1.56 bits per heavy atom. The molecular formula is C9H16ClN3O2S. The Morgan fingerprint density at radius 2 is 2.19 bits per heavy atom. The summed E-state index contributed by atoms with van der Waals surface area (Å²) in [5.41, 5.74) is 0. The zero-order chi connectivity index (χ0) is 12.3. The number of aryl methyl sites for hydroxylation is 1. The average molecular weight is 266 g/mol. The third kappa shape index (κ3) is 3.20. The second kappa shape index (κ2) is 5.16. The summed E-state index contributed by atoms with van der Waals surface area (Å²) in [7, 11) is -1.93. The van der Waals surface area contributed by atoms with Gasteiger partial charge in [-0.25, -0.2) is 13.1 Å². The molecule has 1 N–H and O–H groups in total. The predicted molar refractivity (Wildman–Crippen MR) is 62.9 cm³/mol. The lowest BCUT2D eigenvalue weighted by Gasteiger charge is -2.14. The average Bonchev–Trinajstić information content (AvgIpc) is 2.61. The Bertz CT molecular complexity index is 441. The van der Waals surface area contributed by atoms with Gasteiger partial charge in [-0.05, 0) is 12.0 Å². The highest BCUT2D eigenvalue weighted by Crippen LogP contribution is 2.10. The maximum Gasteiger partial charge on any atom is 0.257 e. The predicted octanol–water partition coefficient (Wildman–Crippen LogP) is 0.962. The Balaban J connectivity index is 2.71. The number of hydrogen-bond acceptors (Lipinski definition) is 3. The van der Waals surface area contributed by atoms with Crippen molar-refractivity contribution in [2.24, 2.45) is 13.0 Å². The quantitative estimate of drug-likeness (QED) is 0.807. The molecule has 0 aliphatic heterocycles. The first-order valence-electron chi connectivity index (χ1n) is 4.96. The lowest BCUT2D eigenvalue weighted by molar-refractivity contribution is 0.544. The second-order valence-electron chi connectivity index (χ2n) is 3.90. The van der Waals surface area contributed by atoms with E-state index < -0.39 is 10.0 Å². The van der Waals surface area contributed by atoms with E-state index in [4.69, 9.17) is 11.6 Å². The van der Waals surface area contributed by atoms with E-state index in [0.717, 1.165) is 0 Å². The van der Waals surface area contributed by atoms with Crippen LogP contribution in [0.3, 0.4) is 0 Å². The molecule has 0 fully saturated rings. The summed E-state index contributed by atoms with van der Waals surface area (Å²) < 4.78 is 27.4. The Labute approximate surface area is 101 Å². The molecule has 0 bridgehead atoms. The van der Waals surface area contributed by atoms with Crippen molar-refractivity contribution >= 4 is 21.6 Å². The molecule has 1 aromatic rings. The van der Waals surface area contributed by atoms with E-state index in [1.807, 2.05) is 13.8 Å². The van der Waals surface area contributed by atoms with E-state index in [0.29, 0.717) is 0 Å². The molecule has 1 rings (SSSR count). The Kier molecular flexibility index (Phi) is 4.35. The van der Waals surface area contributed by atoms with Crippen molar-refractivity contribution in [2.75, 3.05) is 6.54 Å². The van der Waals surface area contributed by atoms with Crippen LogP contribution in [0.2, 0.25) is 0 Å². The van der Waals surface area contributed by atoms with Crippen LogP contribution in [0.4, 0.5) is 0 Å². The van der Waals surface area contributed by atoms with Crippen molar-refractivity contribution in [2.45, 2.75) is 24.3 Å². The summed E-state index contributed by atoms with van der Waals surface area (Å²) in [4.78, 5) is 0. The third-order valence-electron chi connectivity index (χ3n) is 2.24. The molecule has 0 aliphatic rings. The van der Waals surface area contributed by atoms with Crippen LogP contribution in [0.15, 0.2) is 17.3 Å². The molecule has 1 aromatic heterocycles.